The Morgan fingerprint density at radius 3 is 2.33 bits per heavy atom. The standard InChI is InChI=1S/C23H30N2O2/c1-14(23-11-16-7-17(12-23)9-18(8-16)13-23)24-22(27)20-3-4-21-19(10-20)5-6-25(21)15(2)26/h3-4,10,14,16-18H,5-9,11-13H2,1-2H3,(H,24,27). The molecule has 2 amide bonds. The Labute approximate surface area is 161 Å². The maximum atomic E-state index is 13.0. The van der Waals surface area contributed by atoms with Crippen LogP contribution in [-0.2, 0) is 11.2 Å². The fourth-order valence-electron chi connectivity index (χ4n) is 7.01. The van der Waals surface area contributed by atoms with Gasteiger partial charge in [-0.05, 0) is 98.8 Å². The summed E-state index contributed by atoms with van der Waals surface area (Å²) in [5.74, 6) is 2.80. The fourth-order valence-corrected chi connectivity index (χ4v) is 7.01. The molecule has 1 aromatic carbocycles. The van der Waals surface area contributed by atoms with Crippen LogP contribution in [0.15, 0.2) is 18.2 Å². The second kappa shape index (κ2) is 6.08. The van der Waals surface area contributed by atoms with E-state index in [4.69, 9.17) is 0 Å². The van der Waals surface area contributed by atoms with Gasteiger partial charge in [0.25, 0.3) is 5.91 Å². The minimum Gasteiger partial charge on any atom is -0.349 e. The highest BCUT2D eigenvalue weighted by Gasteiger charge is 2.53. The molecule has 5 aliphatic rings. The Morgan fingerprint density at radius 2 is 1.74 bits per heavy atom. The second-order valence-electron chi connectivity index (χ2n) is 9.74. The molecule has 1 N–H and O–H groups in total. The highest BCUT2D eigenvalue weighted by Crippen LogP contribution is 2.61. The lowest BCUT2D eigenvalue weighted by Gasteiger charge is -2.59. The van der Waals surface area contributed by atoms with Crippen LogP contribution in [0.1, 0.15) is 68.3 Å². The van der Waals surface area contributed by atoms with Gasteiger partial charge in [0.15, 0.2) is 0 Å². The first-order chi connectivity index (χ1) is 12.9. The number of hydrogen-bond donors (Lipinski definition) is 1. The summed E-state index contributed by atoms with van der Waals surface area (Å²) in [4.78, 5) is 26.5. The molecular weight excluding hydrogens is 336 g/mol. The summed E-state index contributed by atoms with van der Waals surface area (Å²) in [6, 6.07) is 6.04. The third-order valence-electron chi connectivity index (χ3n) is 7.97. The van der Waals surface area contributed by atoms with Crippen molar-refractivity contribution in [3.63, 3.8) is 0 Å². The van der Waals surface area contributed by atoms with Crippen LogP contribution in [0.2, 0.25) is 0 Å². The Hall–Kier alpha value is -1.84. The van der Waals surface area contributed by atoms with Gasteiger partial charge in [-0.25, -0.2) is 0 Å². The number of fused-ring (bicyclic) bond motifs is 1. The Balaban J connectivity index is 1.32. The lowest BCUT2D eigenvalue weighted by molar-refractivity contribution is -0.116. The van der Waals surface area contributed by atoms with Gasteiger partial charge >= 0.3 is 0 Å². The highest BCUT2D eigenvalue weighted by atomic mass is 16.2. The number of hydrogen-bond acceptors (Lipinski definition) is 2. The molecule has 4 aliphatic carbocycles. The Bertz CT molecular complexity index is 764. The van der Waals surface area contributed by atoms with Crippen LogP contribution in [0, 0.1) is 23.2 Å². The van der Waals surface area contributed by atoms with Crippen molar-refractivity contribution in [2.75, 3.05) is 11.4 Å². The topological polar surface area (TPSA) is 49.4 Å². The molecule has 1 aliphatic heterocycles. The minimum atomic E-state index is 0.0438. The summed E-state index contributed by atoms with van der Waals surface area (Å²) >= 11 is 0. The van der Waals surface area contributed by atoms with Gasteiger partial charge in [-0.1, -0.05) is 0 Å². The second-order valence-corrected chi connectivity index (χ2v) is 9.74. The number of carbonyl (C=O) groups is 2. The molecule has 6 rings (SSSR count). The van der Waals surface area contributed by atoms with Crippen LogP contribution in [0.25, 0.3) is 0 Å². The molecule has 27 heavy (non-hydrogen) atoms. The van der Waals surface area contributed by atoms with E-state index in [2.05, 4.69) is 12.2 Å². The molecule has 0 aromatic heterocycles. The summed E-state index contributed by atoms with van der Waals surface area (Å²) in [6.45, 7) is 4.55. The maximum absolute atomic E-state index is 13.0. The van der Waals surface area contributed by atoms with E-state index in [1.807, 2.05) is 18.2 Å². The van der Waals surface area contributed by atoms with Gasteiger partial charge in [0.2, 0.25) is 5.91 Å². The SMILES string of the molecule is CC(=O)N1CCc2cc(C(=O)NC(C)C34CC5CC(CC(C5)C3)C4)ccc21. The summed E-state index contributed by atoms with van der Waals surface area (Å²) in [7, 11) is 0. The van der Waals surface area contributed by atoms with Crippen molar-refractivity contribution in [2.24, 2.45) is 23.2 Å². The zero-order chi connectivity index (χ0) is 18.8. The van der Waals surface area contributed by atoms with Crippen LogP contribution < -0.4 is 10.2 Å². The minimum absolute atomic E-state index is 0.0438. The van der Waals surface area contributed by atoms with E-state index < -0.39 is 0 Å². The van der Waals surface area contributed by atoms with Crippen LogP contribution in [0.3, 0.4) is 0 Å². The van der Waals surface area contributed by atoms with Crippen molar-refractivity contribution in [3.05, 3.63) is 29.3 Å². The molecule has 4 heteroatoms. The number of nitrogens with zero attached hydrogens (tertiary/aromatic N) is 1. The van der Waals surface area contributed by atoms with Gasteiger partial charge in [0.05, 0.1) is 0 Å². The molecule has 0 radical (unpaired) electrons. The van der Waals surface area contributed by atoms with E-state index in [0.29, 0.717) is 5.41 Å². The van der Waals surface area contributed by atoms with Crippen LogP contribution in [-0.4, -0.2) is 24.4 Å². The van der Waals surface area contributed by atoms with Crippen LogP contribution in [0.4, 0.5) is 5.69 Å². The van der Waals surface area contributed by atoms with Crippen molar-refractivity contribution >= 4 is 17.5 Å². The lowest BCUT2D eigenvalue weighted by atomic mass is 9.48. The summed E-state index contributed by atoms with van der Waals surface area (Å²) in [5, 5.41) is 3.36. The van der Waals surface area contributed by atoms with Gasteiger partial charge in [-0.3, -0.25) is 9.59 Å². The maximum Gasteiger partial charge on any atom is 0.251 e. The molecule has 4 bridgehead atoms. The monoisotopic (exact) mass is 366 g/mol. The van der Waals surface area contributed by atoms with E-state index in [9.17, 15) is 9.59 Å². The van der Waals surface area contributed by atoms with Gasteiger partial charge < -0.3 is 10.2 Å². The van der Waals surface area contributed by atoms with Gasteiger partial charge in [-0.15, -0.1) is 0 Å². The smallest absolute Gasteiger partial charge is 0.251 e. The van der Waals surface area contributed by atoms with Gasteiger partial charge in [-0.2, -0.15) is 0 Å². The highest BCUT2D eigenvalue weighted by molar-refractivity contribution is 5.98. The summed E-state index contributed by atoms with van der Waals surface area (Å²) < 4.78 is 0. The number of carbonyl (C=O) groups excluding carboxylic acids is 2. The Kier molecular flexibility index (Phi) is 3.89. The average molecular weight is 367 g/mol. The zero-order valence-electron chi connectivity index (χ0n) is 16.5. The number of anilines is 1. The van der Waals surface area contributed by atoms with E-state index >= 15 is 0 Å². The molecule has 0 spiro atoms. The lowest BCUT2D eigenvalue weighted by Crippen LogP contribution is -2.55. The molecule has 4 nitrogen and oxygen atoms in total. The number of benzene rings is 1. The van der Waals surface area contributed by atoms with Gasteiger partial charge in [0, 0.05) is 30.8 Å². The molecule has 1 aromatic rings. The van der Waals surface area contributed by atoms with E-state index in [-0.39, 0.29) is 17.9 Å². The van der Waals surface area contributed by atoms with E-state index in [0.717, 1.165) is 47.5 Å². The molecule has 1 heterocycles. The van der Waals surface area contributed by atoms with Crippen molar-refractivity contribution in [1.82, 2.24) is 5.32 Å². The van der Waals surface area contributed by atoms with E-state index in [1.54, 1.807) is 11.8 Å². The molecule has 0 saturated heterocycles. The quantitative estimate of drug-likeness (QED) is 0.881. The molecule has 144 valence electrons. The van der Waals surface area contributed by atoms with Crippen LogP contribution >= 0.6 is 0 Å². The summed E-state index contributed by atoms with van der Waals surface area (Å²) in [5.41, 5.74) is 3.14. The number of nitrogens with one attached hydrogen (secondary N) is 1. The predicted molar refractivity (Wildman–Crippen MR) is 106 cm³/mol. The molecule has 4 saturated carbocycles. The van der Waals surface area contributed by atoms with Crippen molar-refractivity contribution < 1.29 is 9.59 Å². The van der Waals surface area contributed by atoms with Gasteiger partial charge in [0.1, 0.15) is 0 Å². The summed E-state index contributed by atoms with van der Waals surface area (Å²) in [6.07, 6.45) is 9.03. The first kappa shape index (κ1) is 17.3. The molecule has 1 atom stereocenters. The largest absolute Gasteiger partial charge is 0.349 e. The third-order valence-corrected chi connectivity index (χ3v) is 7.97. The van der Waals surface area contributed by atoms with Crippen molar-refractivity contribution in [1.29, 1.82) is 0 Å². The molecule has 4 fully saturated rings. The molecular formula is C23H30N2O2. The first-order valence-electron chi connectivity index (χ1n) is 10.7. The number of amides is 2. The van der Waals surface area contributed by atoms with E-state index in [1.165, 1.54) is 38.5 Å². The van der Waals surface area contributed by atoms with Crippen molar-refractivity contribution in [3.8, 4) is 0 Å². The normalized spacial score (nSPS) is 34.4. The number of rotatable bonds is 3. The molecule has 1 unspecified atom stereocenters. The zero-order valence-corrected chi connectivity index (χ0v) is 16.5. The van der Waals surface area contributed by atoms with Crippen LogP contribution in [0.5, 0.6) is 0 Å². The van der Waals surface area contributed by atoms with Crippen molar-refractivity contribution in [2.45, 2.75) is 64.8 Å². The predicted octanol–water partition coefficient (Wildman–Crippen LogP) is 3.93. The fraction of sp³-hybridized carbons (Fsp3) is 0.652. The average Bonchev–Trinajstić information content (AvgIpc) is 3.03. The first-order valence-corrected chi connectivity index (χ1v) is 10.7. The third kappa shape index (κ3) is 2.79. The Morgan fingerprint density at radius 1 is 1.11 bits per heavy atom.